The molecule has 17 nitrogen and oxygen atoms in total. The molecule has 4 aromatic carbocycles. The first-order valence-corrected chi connectivity index (χ1v) is 25.1. The van der Waals surface area contributed by atoms with E-state index in [0.29, 0.717) is 76.8 Å². The van der Waals surface area contributed by atoms with Gasteiger partial charge in [-0.2, -0.15) is 9.29 Å². The fourth-order valence-electron chi connectivity index (χ4n) is 10.9. The topological polar surface area (TPSA) is 229 Å². The Bertz CT molecular complexity index is 3240. The zero-order valence-corrected chi connectivity index (χ0v) is 38.5. The van der Waals surface area contributed by atoms with Gasteiger partial charge in [0.05, 0.1) is 16.3 Å². The van der Waals surface area contributed by atoms with Crippen molar-refractivity contribution in [3.05, 3.63) is 99.4 Å². The van der Waals surface area contributed by atoms with Gasteiger partial charge in [-0.05, 0) is 102 Å². The summed E-state index contributed by atoms with van der Waals surface area (Å²) in [5.41, 5.74) is 5.52. The normalized spacial score (nSPS) is 21.9. The highest BCUT2D eigenvalue weighted by Gasteiger charge is 2.49. The Balaban J connectivity index is 0.722. The smallest absolute Gasteiger partial charge is 0.349 e. The fourth-order valence-corrected chi connectivity index (χ4v) is 14.1. The number of nitrogens with one attached hydrogen (secondary N) is 2. The number of sulfonamides is 1. The molecule has 11 rings (SSSR count). The van der Waals surface area contributed by atoms with Crippen molar-refractivity contribution in [2.75, 3.05) is 41.4 Å². The van der Waals surface area contributed by atoms with Crippen LogP contribution in [0.2, 0.25) is 5.02 Å². The largest absolute Gasteiger partial charge is 0.479 e. The second-order valence-corrected chi connectivity index (χ2v) is 21.4. The molecule has 350 valence electrons. The highest BCUT2D eigenvalue weighted by Crippen LogP contribution is 2.48. The maximum Gasteiger partial charge on any atom is 0.349 e. The van der Waals surface area contributed by atoms with Crippen molar-refractivity contribution in [3.63, 3.8) is 0 Å². The molecule has 1 saturated carbocycles. The minimum Gasteiger partial charge on any atom is -0.479 e. The Kier molecular flexibility index (Phi) is 10.9. The summed E-state index contributed by atoms with van der Waals surface area (Å²) in [6.45, 7) is 0.978. The van der Waals surface area contributed by atoms with Crippen molar-refractivity contribution < 1.29 is 51.8 Å². The van der Waals surface area contributed by atoms with Crippen LogP contribution < -0.4 is 25.2 Å². The third-order valence-electron chi connectivity index (χ3n) is 13.9. The highest BCUT2D eigenvalue weighted by atomic mass is 35.5. The van der Waals surface area contributed by atoms with E-state index in [2.05, 4.69) is 21.6 Å². The Morgan fingerprint density at radius 2 is 1.79 bits per heavy atom. The number of aromatic carboxylic acids is 1. The second-order valence-electron chi connectivity index (χ2n) is 18.0. The number of carbonyl (C=O) groups is 5. The van der Waals surface area contributed by atoms with Crippen LogP contribution in [-0.4, -0.2) is 102 Å². The van der Waals surface area contributed by atoms with E-state index in [0.717, 1.165) is 46.2 Å². The summed E-state index contributed by atoms with van der Waals surface area (Å²) in [6.07, 6.45) is 3.39. The number of nitrogens with zero attached hydrogens (tertiary/aromatic N) is 4. The summed E-state index contributed by atoms with van der Waals surface area (Å²) >= 11 is 7.43. The van der Waals surface area contributed by atoms with Gasteiger partial charge in [0, 0.05) is 54.8 Å². The number of carboxylic acid groups (broad SMARTS) is 2. The van der Waals surface area contributed by atoms with Crippen molar-refractivity contribution in [3.8, 4) is 16.2 Å². The molecule has 4 unspecified atom stereocenters. The lowest BCUT2D eigenvalue weighted by Crippen LogP contribution is -2.53. The zero-order chi connectivity index (χ0) is 47.2. The van der Waals surface area contributed by atoms with Gasteiger partial charge in [0.15, 0.2) is 22.8 Å². The molecular formula is C48H43ClN6O11S2. The molecule has 0 radical (unpaired) electrons. The Hall–Kier alpha value is -6.54. The monoisotopic (exact) mass is 978 g/mol. The van der Waals surface area contributed by atoms with E-state index in [1.54, 1.807) is 45.6 Å². The Morgan fingerprint density at radius 3 is 2.54 bits per heavy atom. The first-order chi connectivity index (χ1) is 32.7. The highest BCUT2D eigenvalue weighted by molar-refractivity contribution is 7.88. The number of thiophene rings is 1. The Labute approximate surface area is 397 Å². The van der Waals surface area contributed by atoms with Gasteiger partial charge in [-0.1, -0.05) is 48.0 Å². The molecule has 68 heavy (non-hydrogen) atoms. The zero-order valence-electron chi connectivity index (χ0n) is 36.1. The molecule has 4 atom stereocenters. The lowest BCUT2D eigenvalue weighted by Gasteiger charge is -2.32. The molecule has 3 saturated heterocycles. The van der Waals surface area contributed by atoms with Crippen LogP contribution in [0.25, 0.3) is 32.3 Å². The number of carbonyl (C=O) groups excluding carboxylic acids is 3. The predicted molar refractivity (Wildman–Crippen MR) is 253 cm³/mol. The third kappa shape index (κ3) is 7.70. The number of oxazole rings is 1. The first kappa shape index (κ1) is 44.0. The molecule has 2 bridgehead atoms. The number of benzene rings is 4. The molecule has 0 spiro atoms. The van der Waals surface area contributed by atoms with Gasteiger partial charge in [0.2, 0.25) is 21.8 Å². The molecule has 4 aliphatic heterocycles. The lowest BCUT2D eigenvalue weighted by atomic mass is 9.85. The SMILES string of the molecule is O=C(O)COc1c(C(=O)O)sc(-c2cccc(NC3CC4CC3CN4S(=O)(=O)Cc3ccc4oc(N5CCC(c6ccc7c8c(cccc68)C(=O)N7C6CCC(=O)NC6=O)CC5)nc4c3)c2)c1Cl. The van der Waals surface area contributed by atoms with E-state index in [4.69, 9.17) is 30.8 Å². The molecule has 6 heterocycles. The molecule has 20 heteroatoms. The molecule has 1 aliphatic carbocycles. The van der Waals surface area contributed by atoms with Crippen LogP contribution in [0.4, 0.5) is 17.4 Å². The number of rotatable bonds is 13. The van der Waals surface area contributed by atoms with Crippen LogP contribution in [0.1, 0.15) is 75.6 Å². The summed E-state index contributed by atoms with van der Waals surface area (Å²) < 4.78 is 41.0. The number of hydrogen-bond acceptors (Lipinski definition) is 13. The first-order valence-electron chi connectivity index (χ1n) is 22.3. The number of ether oxygens (including phenoxy) is 1. The van der Waals surface area contributed by atoms with Crippen molar-refractivity contribution in [2.24, 2.45) is 5.92 Å². The van der Waals surface area contributed by atoms with E-state index < -0.39 is 40.5 Å². The average Bonchev–Trinajstić information content (AvgIpc) is 4.15. The van der Waals surface area contributed by atoms with Gasteiger partial charge in [-0.25, -0.2) is 18.0 Å². The summed E-state index contributed by atoms with van der Waals surface area (Å²) in [7, 11) is -3.68. The maximum absolute atomic E-state index is 14.0. The van der Waals surface area contributed by atoms with Gasteiger partial charge in [-0.3, -0.25) is 24.6 Å². The van der Waals surface area contributed by atoms with Gasteiger partial charge in [0.1, 0.15) is 16.6 Å². The summed E-state index contributed by atoms with van der Waals surface area (Å²) in [5, 5.41) is 26.5. The molecule has 6 aromatic rings. The van der Waals surface area contributed by atoms with Crippen molar-refractivity contribution in [1.82, 2.24) is 14.6 Å². The number of imide groups is 1. The standard InChI is InChI=1S/C48H43ClN6O11S2/c49-41-42(65-22-39(57)58)44(47(61)62)67-43(41)26-3-1-4-28(18-26)50-33-20-29-19-27(33)21-54(29)68(63,64)23-24-7-11-37-34(17-24)51-48(66-37)53-15-13-25(14-16-53)30-8-9-35-40-31(30)5-2-6-32(40)46(60)55(35)36-10-12-38(56)52-45(36)59/h1-9,11,17-18,25,27,29,33,36,50H,10,12-16,19-23H2,(H,57,58)(H,61,62)(H,52,56,59). The predicted octanol–water partition coefficient (Wildman–Crippen LogP) is 7.08. The average molecular weight is 979 g/mol. The lowest BCUT2D eigenvalue weighted by molar-refractivity contribution is -0.139. The van der Waals surface area contributed by atoms with E-state index in [9.17, 15) is 37.5 Å². The number of anilines is 3. The minimum absolute atomic E-state index is 0.00569. The van der Waals surface area contributed by atoms with Crippen LogP contribution in [0.3, 0.4) is 0 Å². The Morgan fingerprint density at radius 1 is 0.985 bits per heavy atom. The number of piperidine rings is 3. The molecule has 4 N–H and O–H groups in total. The molecular weight excluding hydrogens is 936 g/mol. The van der Waals surface area contributed by atoms with Crippen LogP contribution in [-0.2, 0) is 30.2 Å². The van der Waals surface area contributed by atoms with Gasteiger partial charge in [-0.15, -0.1) is 11.3 Å². The van der Waals surface area contributed by atoms with E-state index >= 15 is 0 Å². The van der Waals surface area contributed by atoms with Crippen molar-refractivity contribution >= 4 is 102 Å². The number of carboxylic acids is 2. The summed E-state index contributed by atoms with van der Waals surface area (Å²) in [5.74, 6) is -3.67. The van der Waals surface area contributed by atoms with Crippen LogP contribution in [0.15, 0.2) is 77.2 Å². The molecule has 4 fully saturated rings. The number of amides is 3. The number of aliphatic carboxylic acids is 1. The van der Waals surface area contributed by atoms with Crippen molar-refractivity contribution in [2.45, 2.75) is 68.3 Å². The van der Waals surface area contributed by atoms with Crippen LogP contribution in [0.5, 0.6) is 5.75 Å². The molecule has 3 amide bonds. The van der Waals surface area contributed by atoms with Gasteiger partial charge < -0.3 is 29.6 Å². The second kappa shape index (κ2) is 16.9. The van der Waals surface area contributed by atoms with Crippen LogP contribution >= 0.6 is 22.9 Å². The van der Waals surface area contributed by atoms with Gasteiger partial charge >= 0.3 is 11.9 Å². The molecule has 2 aromatic heterocycles. The molecule has 5 aliphatic rings. The van der Waals surface area contributed by atoms with E-state index in [1.807, 2.05) is 30.3 Å². The minimum atomic E-state index is -3.68. The number of aromatic nitrogens is 1. The number of fused-ring (bicyclic) bond motifs is 3. The number of halogens is 1. The van der Waals surface area contributed by atoms with Crippen LogP contribution in [0, 0.1) is 5.92 Å². The quantitative estimate of drug-likeness (QED) is 0.0849. The summed E-state index contributed by atoms with van der Waals surface area (Å²) in [6, 6.07) is 21.9. The number of hydrogen-bond donors (Lipinski definition) is 4. The maximum atomic E-state index is 14.0. The van der Waals surface area contributed by atoms with Crippen molar-refractivity contribution in [1.29, 1.82) is 0 Å². The van der Waals surface area contributed by atoms with E-state index in [-0.39, 0.29) is 70.0 Å². The van der Waals surface area contributed by atoms with E-state index in [1.165, 1.54) is 0 Å². The fraction of sp³-hybridized carbons (Fsp3) is 0.333. The summed E-state index contributed by atoms with van der Waals surface area (Å²) in [4.78, 5) is 70.0. The third-order valence-corrected chi connectivity index (χ3v) is 17.5. The van der Waals surface area contributed by atoms with Gasteiger partial charge in [0.25, 0.3) is 11.9 Å².